The zero-order valence-corrected chi connectivity index (χ0v) is 17.8. The van der Waals surface area contributed by atoms with Gasteiger partial charge in [0, 0.05) is 6.42 Å². The fraction of sp³-hybridized carbons (Fsp3) is 0.952. The summed E-state index contributed by atoms with van der Waals surface area (Å²) in [4.78, 5) is 0. The van der Waals surface area contributed by atoms with Crippen LogP contribution >= 0.6 is 12.2 Å². The van der Waals surface area contributed by atoms with Crippen LogP contribution in [0.4, 0.5) is 0 Å². The van der Waals surface area contributed by atoms with Crippen molar-refractivity contribution in [1.82, 2.24) is 0 Å². The van der Waals surface area contributed by atoms with Crippen molar-refractivity contribution < 1.29 is 24.8 Å². The maximum absolute atomic E-state index is 9.92. The van der Waals surface area contributed by atoms with E-state index in [1.54, 1.807) is 0 Å². The van der Waals surface area contributed by atoms with E-state index in [4.69, 9.17) is 26.8 Å². The molecular formula is C21H40O5S. The Morgan fingerprint density at radius 3 is 2.04 bits per heavy atom. The Bertz CT molecular complexity index is 380. The second-order valence-electron chi connectivity index (χ2n) is 7.71. The van der Waals surface area contributed by atoms with E-state index < -0.39 is 31.0 Å². The van der Waals surface area contributed by atoms with Crippen molar-refractivity contribution in [1.29, 1.82) is 0 Å². The summed E-state index contributed by atoms with van der Waals surface area (Å²) in [6.45, 7) is 1.92. The maximum Gasteiger partial charge on any atom is 0.160 e. The third kappa shape index (κ3) is 10.7. The van der Waals surface area contributed by atoms with E-state index in [-0.39, 0.29) is 6.61 Å². The van der Waals surface area contributed by atoms with Gasteiger partial charge in [-0.15, -0.1) is 0 Å². The van der Waals surface area contributed by atoms with Crippen LogP contribution in [0.3, 0.4) is 0 Å². The van der Waals surface area contributed by atoms with Crippen LogP contribution < -0.4 is 0 Å². The monoisotopic (exact) mass is 404 g/mol. The Kier molecular flexibility index (Phi) is 14.3. The van der Waals surface area contributed by atoms with Crippen molar-refractivity contribution in [2.45, 2.75) is 115 Å². The summed E-state index contributed by atoms with van der Waals surface area (Å²) >= 11 is 5.27. The fourth-order valence-electron chi connectivity index (χ4n) is 3.52. The summed E-state index contributed by atoms with van der Waals surface area (Å²) in [6.07, 6.45) is 12.9. The third-order valence-corrected chi connectivity index (χ3v) is 5.53. The first-order chi connectivity index (χ1) is 13.1. The SMILES string of the molecule is CCCCCCCCCCCCCCC(=S)O[C@@H]1[C@H]([C@@H](O)CO)OC[C@H]1O. The molecule has 5 nitrogen and oxygen atoms in total. The van der Waals surface area contributed by atoms with Gasteiger partial charge in [0.15, 0.2) is 11.2 Å². The second-order valence-corrected chi connectivity index (χ2v) is 8.16. The molecule has 1 aliphatic heterocycles. The van der Waals surface area contributed by atoms with Crippen LogP contribution in [0.5, 0.6) is 0 Å². The lowest BCUT2D eigenvalue weighted by Gasteiger charge is -2.24. The highest BCUT2D eigenvalue weighted by Crippen LogP contribution is 2.22. The van der Waals surface area contributed by atoms with Gasteiger partial charge in [0.1, 0.15) is 18.3 Å². The third-order valence-electron chi connectivity index (χ3n) is 5.23. The van der Waals surface area contributed by atoms with E-state index >= 15 is 0 Å². The van der Waals surface area contributed by atoms with Crippen LogP contribution in [0.2, 0.25) is 0 Å². The molecule has 0 aromatic carbocycles. The van der Waals surface area contributed by atoms with Gasteiger partial charge in [0.05, 0.1) is 13.2 Å². The summed E-state index contributed by atoms with van der Waals surface area (Å²) in [7, 11) is 0. The van der Waals surface area contributed by atoms with Crippen LogP contribution in [0.25, 0.3) is 0 Å². The standard InChI is InChI=1S/C21H40O5S/c1-2-3-4-5-6-7-8-9-10-11-12-13-14-19(27)26-21-18(24)16-25-20(21)17(23)15-22/h17-18,20-24H,2-16H2,1H3/t17-,18+,20-,21-/m0/s1. The molecule has 0 aliphatic carbocycles. The second kappa shape index (κ2) is 15.6. The molecule has 0 spiro atoms. The zero-order chi connectivity index (χ0) is 19.9. The number of hydrogen-bond acceptors (Lipinski definition) is 6. The summed E-state index contributed by atoms with van der Waals surface area (Å²) in [5.74, 6) is 0. The first-order valence-corrected chi connectivity index (χ1v) is 11.3. The van der Waals surface area contributed by atoms with Gasteiger partial charge in [-0.25, -0.2) is 0 Å². The molecule has 3 N–H and O–H groups in total. The number of unbranched alkanes of at least 4 members (excludes halogenated alkanes) is 11. The normalized spacial score (nSPS) is 23.5. The average molecular weight is 405 g/mol. The van der Waals surface area contributed by atoms with E-state index in [1.807, 2.05) is 0 Å². The molecule has 0 radical (unpaired) electrons. The van der Waals surface area contributed by atoms with Crippen molar-refractivity contribution >= 4 is 17.3 Å². The lowest BCUT2D eigenvalue weighted by atomic mass is 10.0. The molecule has 1 rings (SSSR count). The summed E-state index contributed by atoms with van der Waals surface area (Å²) in [5.41, 5.74) is 0. The molecule has 0 saturated carbocycles. The Morgan fingerprint density at radius 2 is 1.52 bits per heavy atom. The van der Waals surface area contributed by atoms with Gasteiger partial charge in [0.25, 0.3) is 0 Å². The van der Waals surface area contributed by atoms with Crippen molar-refractivity contribution in [2.75, 3.05) is 13.2 Å². The van der Waals surface area contributed by atoms with Gasteiger partial charge in [-0.1, -0.05) is 77.6 Å². The Hall–Kier alpha value is -0.270. The highest BCUT2D eigenvalue weighted by molar-refractivity contribution is 7.80. The first kappa shape index (κ1) is 24.8. The number of rotatable bonds is 16. The quantitative estimate of drug-likeness (QED) is 0.267. The lowest BCUT2D eigenvalue weighted by molar-refractivity contribution is -0.0642. The minimum atomic E-state index is -1.07. The van der Waals surface area contributed by atoms with Crippen LogP contribution in [0.1, 0.15) is 90.4 Å². The van der Waals surface area contributed by atoms with Crippen LogP contribution in [-0.2, 0) is 9.47 Å². The van der Waals surface area contributed by atoms with Crippen LogP contribution in [0, 0.1) is 0 Å². The van der Waals surface area contributed by atoms with E-state index in [2.05, 4.69) is 6.92 Å². The van der Waals surface area contributed by atoms with E-state index in [9.17, 15) is 10.2 Å². The minimum absolute atomic E-state index is 0.0909. The summed E-state index contributed by atoms with van der Waals surface area (Å²) < 4.78 is 10.9. The van der Waals surface area contributed by atoms with Crippen molar-refractivity contribution in [3.8, 4) is 0 Å². The topological polar surface area (TPSA) is 79.2 Å². The zero-order valence-electron chi connectivity index (χ0n) is 17.0. The largest absolute Gasteiger partial charge is 0.478 e. The lowest BCUT2D eigenvalue weighted by Crippen LogP contribution is -2.43. The van der Waals surface area contributed by atoms with E-state index in [1.165, 1.54) is 64.2 Å². The first-order valence-electron chi connectivity index (χ1n) is 10.9. The average Bonchev–Trinajstić information content (AvgIpc) is 3.02. The van der Waals surface area contributed by atoms with E-state index in [0.29, 0.717) is 11.5 Å². The molecule has 0 amide bonds. The molecule has 0 bridgehead atoms. The molecule has 0 aromatic rings. The van der Waals surface area contributed by atoms with Crippen molar-refractivity contribution in [3.05, 3.63) is 0 Å². The minimum Gasteiger partial charge on any atom is -0.478 e. The molecule has 0 aromatic heterocycles. The maximum atomic E-state index is 9.92. The fourth-order valence-corrected chi connectivity index (χ4v) is 3.77. The van der Waals surface area contributed by atoms with Crippen LogP contribution in [-0.4, -0.2) is 58.0 Å². The molecule has 0 unspecified atom stereocenters. The van der Waals surface area contributed by atoms with E-state index in [0.717, 1.165) is 12.8 Å². The number of hydrogen-bond donors (Lipinski definition) is 3. The van der Waals surface area contributed by atoms with Gasteiger partial charge in [-0.3, -0.25) is 0 Å². The molecule has 160 valence electrons. The Balaban J connectivity index is 1.99. The number of aliphatic hydroxyl groups is 3. The molecule has 1 saturated heterocycles. The highest BCUT2D eigenvalue weighted by atomic mass is 32.1. The van der Waals surface area contributed by atoms with Gasteiger partial charge >= 0.3 is 0 Å². The smallest absolute Gasteiger partial charge is 0.160 e. The summed E-state index contributed by atoms with van der Waals surface area (Å²) in [5, 5.41) is 29.2. The Labute approximate surface area is 170 Å². The number of ether oxygens (including phenoxy) is 2. The molecule has 1 aliphatic rings. The number of aliphatic hydroxyl groups excluding tert-OH is 3. The number of thiocarbonyl (C=S) groups is 1. The van der Waals surface area contributed by atoms with Crippen LogP contribution in [0.15, 0.2) is 0 Å². The van der Waals surface area contributed by atoms with Gasteiger partial charge < -0.3 is 24.8 Å². The predicted molar refractivity (Wildman–Crippen MR) is 112 cm³/mol. The van der Waals surface area contributed by atoms with Gasteiger partial charge in [0.2, 0.25) is 0 Å². The molecule has 27 heavy (non-hydrogen) atoms. The molecular weight excluding hydrogens is 364 g/mol. The predicted octanol–water partition coefficient (Wildman–Crippen LogP) is 3.90. The molecule has 6 heteroatoms. The molecule has 1 fully saturated rings. The summed E-state index contributed by atoms with van der Waals surface area (Å²) in [6, 6.07) is 0. The Morgan fingerprint density at radius 1 is 1.00 bits per heavy atom. The highest BCUT2D eigenvalue weighted by Gasteiger charge is 2.42. The van der Waals surface area contributed by atoms with Crippen molar-refractivity contribution in [3.63, 3.8) is 0 Å². The molecule has 1 heterocycles. The van der Waals surface area contributed by atoms with Crippen molar-refractivity contribution in [2.24, 2.45) is 0 Å². The van der Waals surface area contributed by atoms with Gasteiger partial charge in [-0.05, 0) is 18.6 Å². The van der Waals surface area contributed by atoms with Gasteiger partial charge in [-0.2, -0.15) is 0 Å². The molecule has 4 atom stereocenters.